The van der Waals surface area contributed by atoms with Gasteiger partial charge in [-0.25, -0.2) is 8.42 Å². The Morgan fingerprint density at radius 3 is 2.41 bits per heavy atom. The number of hydrogen-bond donors (Lipinski definition) is 1. The Morgan fingerprint density at radius 2 is 1.76 bits per heavy atom. The molecule has 2 fully saturated rings. The lowest BCUT2D eigenvalue weighted by Gasteiger charge is -2.39. The van der Waals surface area contributed by atoms with Crippen LogP contribution < -0.4 is 5.32 Å². The molecule has 0 amide bonds. The maximum atomic E-state index is 12.6. The summed E-state index contributed by atoms with van der Waals surface area (Å²) in [6, 6.07) is 0.364. The molecule has 1 saturated carbocycles. The van der Waals surface area contributed by atoms with Crippen LogP contribution in [0.5, 0.6) is 0 Å². The van der Waals surface area contributed by atoms with Gasteiger partial charge in [0.1, 0.15) is 0 Å². The lowest BCUT2D eigenvalue weighted by Crippen LogP contribution is -2.58. The molecule has 1 N–H and O–H groups in total. The van der Waals surface area contributed by atoms with Gasteiger partial charge in [-0.15, -0.1) is 0 Å². The molecule has 2 unspecified atom stereocenters. The molecule has 2 rings (SSSR count). The number of piperazine rings is 1. The van der Waals surface area contributed by atoms with Crippen LogP contribution in [0.25, 0.3) is 0 Å². The molecule has 0 aromatic heterocycles. The van der Waals surface area contributed by atoms with Crippen molar-refractivity contribution in [3.05, 3.63) is 0 Å². The maximum absolute atomic E-state index is 12.6. The smallest absolute Gasteiger partial charge is 0.217 e. The standard InChI is InChI=1S/C12H24N2O2S/c1-10-9-14(11(2)8-13-10)17(15,16)12-6-4-3-5-7-12/h10-13H,3-9H2,1-2H3. The second-order valence-electron chi connectivity index (χ2n) is 5.53. The zero-order valence-corrected chi connectivity index (χ0v) is 11.7. The lowest BCUT2D eigenvalue weighted by molar-refractivity contribution is 0.240. The highest BCUT2D eigenvalue weighted by molar-refractivity contribution is 7.89. The Bertz CT molecular complexity index is 350. The van der Waals surface area contributed by atoms with Crippen LogP contribution in [0.2, 0.25) is 0 Å². The minimum Gasteiger partial charge on any atom is -0.311 e. The minimum atomic E-state index is -3.07. The number of hydrogen-bond acceptors (Lipinski definition) is 3. The molecule has 0 bridgehead atoms. The molecule has 0 radical (unpaired) electrons. The second-order valence-corrected chi connectivity index (χ2v) is 7.70. The van der Waals surface area contributed by atoms with Crippen LogP contribution in [0.15, 0.2) is 0 Å². The van der Waals surface area contributed by atoms with Crippen molar-refractivity contribution in [2.45, 2.75) is 63.3 Å². The van der Waals surface area contributed by atoms with E-state index in [0.29, 0.717) is 6.54 Å². The summed E-state index contributed by atoms with van der Waals surface area (Å²) in [5.74, 6) is 0. The van der Waals surface area contributed by atoms with Crippen molar-refractivity contribution in [2.75, 3.05) is 13.1 Å². The summed E-state index contributed by atoms with van der Waals surface area (Å²) in [4.78, 5) is 0. The molecular weight excluding hydrogens is 236 g/mol. The van der Waals surface area contributed by atoms with Crippen LogP contribution in [0.1, 0.15) is 46.0 Å². The Labute approximate surface area is 105 Å². The molecule has 0 aromatic rings. The van der Waals surface area contributed by atoms with Crippen molar-refractivity contribution in [1.29, 1.82) is 0 Å². The Hall–Kier alpha value is -0.130. The first-order valence-electron chi connectivity index (χ1n) is 6.76. The zero-order chi connectivity index (χ0) is 12.5. The molecule has 1 aliphatic heterocycles. The molecule has 5 heteroatoms. The summed E-state index contributed by atoms with van der Waals surface area (Å²) < 4.78 is 26.9. The minimum absolute atomic E-state index is 0.0955. The quantitative estimate of drug-likeness (QED) is 0.815. The molecule has 4 nitrogen and oxygen atoms in total. The van der Waals surface area contributed by atoms with E-state index in [1.165, 1.54) is 6.42 Å². The molecule has 1 heterocycles. The predicted octanol–water partition coefficient (Wildman–Crippen LogP) is 1.33. The average molecular weight is 260 g/mol. The fraction of sp³-hybridized carbons (Fsp3) is 1.00. The molecular formula is C12H24N2O2S. The normalized spacial score (nSPS) is 33.8. The zero-order valence-electron chi connectivity index (χ0n) is 10.9. The van der Waals surface area contributed by atoms with E-state index in [1.807, 2.05) is 6.92 Å². The molecule has 2 atom stereocenters. The van der Waals surface area contributed by atoms with E-state index in [4.69, 9.17) is 0 Å². The summed E-state index contributed by atoms with van der Waals surface area (Å²) in [6.07, 6.45) is 5.04. The molecule has 2 aliphatic rings. The van der Waals surface area contributed by atoms with E-state index in [9.17, 15) is 8.42 Å². The van der Waals surface area contributed by atoms with Crippen molar-refractivity contribution < 1.29 is 8.42 Å². The van der Waals surface area contributed by atoms with Crippen molar-refractivity contribution in [3.63, 3.8) is 0 Å². The van der Waals surface area contributed by atoms with Gasteiger partial charge in [0.05, 0.1) is 5.25 Å². The number of nitrogens with zero attached hydrogens (tertiary/aromatic N) is 1. The largest absolute Gasteiger partial charge is 0.311 e. The molecule has 100 valence electrons. The van der Waals surface area contributed by atoms with Gasteiger partial charge in [-0.1, -0.05) is 19.3 Å². The van der Waals surface area contributed by atoms with Gasteiger partial charge in [0, 0.05) is 25.2 Å². The fourth-order valence-electron chi connectivity index (χ4n) is 2.90. The van der Waals surface area contributed by atoms with Crippen molar-refractivity contribution in [3.8, 4) is 0 Å². The summed E-state index contributed by atoms with van der Waals surface area (Å²) in [6.45, 7) is 5.45. The Balaban J connectivity index is 2.12. The molecule has 17 heavy (non-hydrogen) atoms. The number of sulfonamides is 1. The topological polar surface area (TPSA) is 49.4 Å². The van der Waals surface area contributed by atoms with E-state index >= 15 is 0 Å². The summed E-state index contributed by atoms with van der Waals surface area (Å²) in [5, 5.41) is 3.21. The van der Waals surface area contributed by atoms with Crippen LogP contribution in [0.4, 0.5) is 0 Å². The third kappa shape index (κ3) is 2.83. The third-order valence-corrected chi connectivity index (χ3v) is 6.48. The number of rotatable bonds is 2. The molecule has 0 spiro atoms. The first-order chi connectivity index (χ1) is 8.01. The van der Waals surface area contributed by atoms with Crippen molar-refractivity contribution >= 4 is 10.0 Å². The number of nitrogens with one attached hydrogen (secondary N) is 1. The van der Waals surface area contributed by atoms with E-state index in [0.717, 1.165) is 32.2 Å². The van der Waals surface area contributed by atoms with Gasteiger partial charge in [0.15, 0.2) is 0 Å². The Kier molecular flexibility index (Phi) is 4.10. The monoisotopic (exact) mass is 260 g/mol. The van der Waals surface area contributed by atoms with Gasteiger partial charge < -0.3 is 5.32 Å². The summed E-state index contributed by atoms with van der Waals surface area (Å²) >= 11 is 0. The average Bonchev–Trinajstić information content (AvgIpc) is 2.33. The molecule has 0 aromatic carbocycles. The van der Waals surface area contributed by atoms with Gasteiger partial charge in [0.25, 0.3) is 0 Å². The van der Waals surface area contributed by atoms with Crippen LogP contribution in [0, 0.1) is 0 Å². The van der Waals surface area contributed by atoms with Crippen molar-refractivity contribution in [2.24, 2.45) is 0 Å². The van der Waals surface area contributed by atoms with Crippen LogP contribution in [-0.4, -0.2) is 43.1 Å². The molecule has 1 aliphatic carbocycles. The van der Waals surface area contributed by atoms with Gasteiger partial charge >= 0.3 is 0 Å². The highest BCUT2D eigenvalue weighted by Gasteiger charge is 2.37. The fourth-order valence-corrected chi connectivity index (χ4v) is 5.22. The van der Waals surface area contributed by atoms with E-state index in [1.54, 1.807) is 4.31 Å². The van der Waals surface area contributed by atoms with Crippen LogP contribution in [0.3, 0.4) is 0 Å². The first-order valence-corrected chi connectivity index (χ1v) is 8.26. The maximum Gasteiger partial charge on any atom is 0.217 e. The second kappa shape index (κ2) is 5.24. The first kappa shape index (κ1) is 13.3. The lowest BCUT2D eigenvalue weighted by atomic mass is 10.0. The van der Waals surface area contributed by atoms with E-state index < -0.39 is 10.0 Å². The predicted molar refractivity (Wildman–Crippen MR) is 69.4 cm³/mol. The summed E-state index contributed by atoms with van der Waals surface area (Å²) in [5.41, 5.74) is 0. The highest BCUT2D eigenvalue weighted by Crippen LogP contribution is 2.27. The van der Waals surface area contributed by atoms with E-state index in [-0.39, 0.29) is 17.3 Å². The van der Waals surface area contributed by atoms with Crippen LogP contribution >= 0.6 is 0 Å². The van der Waals surface area contributed by atoms with Crippen LogP contribution in [-0.2, 0) is 10.0 Å². The van der Waals surface area contributed by atoms with Gasteiger partial charge in [-0.05, 0) is 26.7 Å². The molecule has 1 saturated heterocycles. The van der Waals surface area contributed by atoms with Gasteiger partial charge in [-0.2, -0.15) is 4.31 Å². The SMILES string of the molecule is CC1CN(S(=O)(=O)C2CCCCC2)C(C)CN1. The van der Waals surface area contributed by atoms with Crippen molar-refractivity contribution in [1.82, 2.24) is 9.62 Å². The third-order valence-electron chi connectivity index (χ3n) is 4.01. The summed E-state index contributed by atoms with van der Waals surface area (Å²) in [7, 11) is -3.07. The van der Waals surface area contributed by atoms with E-state index in [2.05, 4.69) is 12.2 Å². The Morgan fingerprint density at radius 1 is 1.12 bits per heavy atom. The van der Waals surface area contributed by atoms with Gasteiger partial charge in [-0.3, -0.25) is 0 Å². The highest BCUT2D eigenvalue weighted by atomic mass is 32.2. The van der Waals surface area contributed by atoms with Gasteiger partial charge in [0.2, 0.25) is 10.0 Å².